The van der Waals surface area contributed by atoms with Gasteiger partial charge in [0.2, 0.25) is 0 Å². The van der Waals surface area contributed by atoms with Crippen LogP contribution in [0.15, 0.2) is 24.3 Å². The number of rotatable bonds is 6. The summed E-state index contributed by atoms with van der Waals surface area (Å²) in [4.78, 5) is 52.3. The molecule has 192 valence electrons. The molecule has 2 fully saturated rings. The first-order chi connectivity index (χ1) is 16.2. The predicted octanol–water partition coefficient (Wildman–Crippen LogP) is 4.71. The van der Waals surface area contributed by atoms with Gasteiger partial charge in [0.25, 0.3) is 0 Å². The van der Waals surface area contributed by atoms with Crippen LogP contribution in [-0.2, 0) is 23.9 Å². The van der Waals surface area contributed by atoms with Crippen LogP contribution in [0.5, 0.6) is 0 Å². The molecule has 0 aromatic rings. The van der Waals surface area contributed by atoms with Crippen molar-refractivity contribution in [2.45, 2.75) is 67.2 Å². The van der Waals surface area contributed by atoms with E-state index in [9.17, 15) is 29.4 Å². The molecule has 7 nitrogen and oxygen atoms in total. The van der Waals surface area contributed by atoms with Crippen LogP contribution in [-0.4, -0.2) is 34.1 Å². The minimum absolute atomic E-state index is 0.0422. The number of carboxylic acid groups (broad SMARTS) is 2. The van der Waals surface area contributed by atoms with Crippen LogP contribution < -0.4 is 0 Å². The van der Waals surface area contributed by atoms with Gasteiger partial charge >= 0.3 is 23.9 Å². The Morgan fingerprint density at radius 3 is 1.23 bits per heavy atom. The van der Waals surface area contributed by atoms with E-state index in [1.807, 2.05) is 65.8 Å². The largest absolute Gasteiger partial charge is 0.481 e. The Morgan fingerprint density at radius 1 is 0.657 bits per heavy atom. The van der Waals surface area contributed by atoms with E-state index in [2.05, 4.69) is 0 Å². The molecule has 0 spiro atoms. The summed E-state index contributed by atoms with van der Waals surface area (Å²) in [6.07, 6.45) is 10.3. The van der Waals surface area contributed by atoms with Gasteiger partial charge in [-0.15, -0.1) is 0 Å². The van der Waals surface area contributed by atoms with Crippen LogP contribution >= 0.6 is 0 Å². The fraction of sp³-hybridized carbons (Fsp3) is 0.714. The molecule has 0 aromatic carbocycles. The molecule has 0 heterocycles. The van der Waals surface area contributed by atoms with Crippen molar-refractivity contribution in [1.82, 2.24) is 0 Å². The molecule has 0 aliphatic heterocycles. The number of fused-ring (bicyclic) bond motifs is 4. The Morgan fingerprint density at radius 2 is 1.00 bits per heavy atom. The Labute approximate surface area is 207 Å². The van der Waals surface area contributed by atoms with E-state index in [0.717, 1.165) is 0 Å². The molecule has 6 rings (SSSR count). The number of aliphatic carboxylic acids is 2. The van der Waals surface area contributed by atoms with Crippen molar-refractivity contribution in [1.29, 1.82) is 0 Å². The van der Waals surface area contributed by atoms with Gasteiger partial charge in [0.05, 0.1) is 23.7 Å². The fourth-order valence-corrected chi connectivity index (χ4v) is 7.88. The average molecular weight is 487 g/mol. The third-order valence-corrected chi connectivity index (χ3v) is 10.4. The third-order valence-electron chi connectivity index (χ3n) is 10.4. The number of hydrogen-bond donors (Lipinski definition) is 2. The van der Waals surface area contributed by atoms with Gasteiger partial charge in [-0.25, -0.2) is 0 Å². The molecule has 0 radical (unpaired) electrons. The predicted molar refractivity (Wildman–Crippen MR) is 128 cm³/mol. The number of hydrogen-bond acceptors (Lipinski definition) is 5. The molecule has 6 aliphatic rings. The number of esters is 2. The van der Waals surface area contributed by atoms with Crippen LogP contribution in [0.1, 0.15) is 67.2 Å². The zero-order chi connectivity index (χ0) is 26.1. The SMILES string of the molecule is CC(C)C12C=CC(C)(CC1)C(C(=O)O)C2C(=O)OC(=O)C1C(C(=O)O)C2(C)C=CC1(C(C)C)CC2. The molecule has 6 aliphatic carbocycles. The van der Waals surface area contributed by atoms with Gasteiger partial charge in [-0.05, 0) is 48.3 Å². The number of carbonyl (C=O) groups is 4. The minimum Gasteiger partial charge on any atom is -0.481 e. The van der Waals surface area contributed by atoms with Crippen molar-refractivity contribution in [3.8, 4) is 0 Å². The van der Waals surface area contributed by atoms with Crippen LogP contribution in [0.4, 0.5) is 0 Å². The van der Waals surface area contributed by atoms with Gasteiger partial charge in [-0.1, -0.05) is 65.8 Å². The Kier molecular flexibility index (Phi) is 5.89. The quantitative estimate of drug-likeness (QED) is 0.317. The van der Waals surface area contributed by atoms with Crippen molar-refractivity contribution in [2.75, 3.05) is 0 Å². The highest BCUT2D eigenvalue weighted by Crippen LogP contribution is 2.63. The fourth-order valence-electron chi connectivity index (χ4n) is 7.88. The number of ether oxygens (including phenoxy) is 1. The highest BCUT2D eigenvalue weighted by atomic mass is 16.6. The zero-order valence-corrected chi connectivity index (χ0v) is 21.5. The summed E-state index contributed by atoms with van der Waals surface area (Å²) in [7, 11) is 0. The van der Waals surface area contributed by atoms with E-state index >= 15 is 0 Å². The first-order valence-corrected chi connectivity index (χ1v) is 12.8. The topological polar surface area (TPSA) is 118 Å². The highest BCUT2D eigenvalue weighted by Gasteiger charge is 2.65. The first-order valence-electron chi connectivity index (χ1n) is 12.8. The molecule has 0 saturated heterocycles. The first kappa shape index (κ1) is 25.6. The summed E-state index contributed by atoms with van der Waals surface area (Å²) in [5.74, 6) is -7.99. The summed E-state index contributed by atoms with van der Waals surface area (Å²) in [5, 5.41) is 20.3. The second-order valence-corrected chi connectivity index (χ2v) is 12.5. The van der Waals surface area contributed by atoms with E-state index in [4.69, 9.17) is 4.74 Å². The van der Waals surface area contributed by atoms with E-state index < -0.39 is 69.2 Å². The second-order valence-electron chi connectivity index (χ2n) is 12.5. The minimum atomic E-state index is -1.08. The zero-order valence-electron chi connectivity index (χ0n) is 21.5. The van der Waals surface area contributed by atoms with Crippen molar-refractivity contribution >= 4 is 23.9 Å². The Hall–Kier alpha value is -2.44. The maximum absolute atomic E-state index is 13.7. The van der Waals surface area contributed by atoms with Gasteiger partial charge < -0.3 is 14.9 Å². The van der Waals surface area contributed by atoms with Gasteiger partial charge in [0.15, 0.2) is 0 Å². The van der Waals surface area contributed by atoms with Crippen molar-refractivity contribution in [2.24, 2.45) is 57.2 Å². The maximum Gasteiger partial charge on any atom is 0.318 e. The third kappa shape index (κ3) is 3.44. The van der Waals surface area contributed by atoms with Crippen LogP contribution in [0, 0.1) is 57.2 Å². The lowest BCUT2D eigenvalue weighted by atomic mass is 9.45. The van der Waals surface area contributed by atoms with E-state index in [1.54, 1.807) is 0 Å². The van der Waals surface area contributed by atoms with Gasteiger partial charge in [-0.3, -0.25) is 19.2 Å². The van der Waals surface area contributed by atoms with Gasteiger partial charge in [0, 0.05) is 10.8 Å². The van der Waals surface area contributed by atoms with E-state index in [1.165, 1.54) is 0 Å². The molecule has 0 aromatic heterocycles. The molecule has 8 unspecified atom stereocenters. The van der Waals surface area contributed by atoms with Crippen molar-refractivity contribution < 1.29 is 34.1 Å². The molecular weight excluding hydrogens is 448 g/mol. The molecule has 35 heavy (non-hydrogen) atoms. The average Bonchev–Trinajstić information content (AvgIpc) is 2.77. The number of allylic oxidation sites excluding steroid dienone is 4. The molecule has 8 atom stereocenters. The lowest BCUT2D eigenvalue weighted by Gasteiger charge is -2.57. The van der Waals surface area contributed by atoms with Crippen LogP contribution in [0.3, 0.4) is 0 Å². The smallest absolute Gasteiger partial charge is 0.318 e. The standard InChI is InChI=1S/C28H38O7/c1-15(2)27-11-7-25(5,8-12-27)17(21(29)30)19(27)23(33)35-24(34)20-18(22(31)32)26(6)9-13-28(20,14-10-26)16(3)4/h7,9,11,13,15-20H,8,10,12,14H2,1-6H3,(H,29,30)(H,31,32). The lowest BCUT2D eigenvalue weighted by Crippen LogP contribution is -2.60. The van der Waals surface area contributed by atoms with E-state index in [0.29, 0.717) is 25.7 Å². The molecular formula is C28H38O7. The normalized spacial score (nSPS) is 43.5. The molecule has 7 heteroatoms. The summed E-state index contributed by atoms with van der Waals surface area (Å²) in [6, 6.07) is 0. The molecule has 2 N–H and O–H groups in total. The monoisotopic (exact) mass is 486 g/mol. The molecule has 4 bridgehead atoms. The number of carboxylic acids is 2. The van der Waals surface area contributed by atoms with Gasteiger partial charge in [-0.2, -0.15) is 0 Å². The summed E-state index contributed by atoms with van der Waals surface area (Å²) >= 11 is 0. The Bertz CT molecular complexity index is 944. The summed E-state index contributed by atoms with van der Waals surface area (Å²) in [6.45, 7) is 11.5. The lowest BCUT2D eigenvalue weighted by molar-refractivity contribution is -0.191. The van der Waals surface area contributed by atoms with Crippen molar-refractivity contribution in [3.05, 3.63) is 24.3 Å². The second kappa shape index (κ2) is 8.04. The van der Waals surface area contributed by atoms with Gasteiger partial charge in [0.1, 0.15) is 0 Å². The highest BCUT2D eigenvalue weighted by molar-refractivity contribution is 5.94. The van der Waals surface area contributed by atoms with E-state index in [-0.39, 0.29) is 11.8 Å². The van der Waals surface area contributed by atoms with Crippen molar-refractivity contribution in [3.63, 3.8) is 0 Å². The molecule has 2 saturated carbocycles. The van der Waals surface area contributed by atoms with Crippen LogP contribution in [0.25, 0.3) is 0 Å². The summed E-state index contributed by atoms with van der Waals surface area (Å²) < 4.78 is 5.56. The van der Waals surface area contributed by atoms with Crippen LogP contribution in [0.2, 0.25) is 0 Å². The number of carbonyl (C=O) groups excluding carboxylic acids is 2. The molecule has 0 amide bonds. The maximum atomic E-state index is 13.7. The summed E-state index contributed by atoms with van der Waals surface area (Å²) in [5.41, 5.74) is -2.87. The Balaban J connectivity index is 1.73.